The summed E-state index contributed by atoms with van der Waals surface area (Å²) in [4.78, 5) is 22.5. The van der Waals surface area contributed by atoms with Crippen molar-refractivity contribution in [2.75, 3.05) is 11.5 Å². The summed E-state index contributed by atoms with van der Waals surface area (Å²) in [5.41, 5.74) is 11.0. The highest BCUT2D eigenvalue weighted by molar-refractivity contribution is 7.91. The predicted molar refractivity (Wildman–Crippen MR) is 73.1 cm³/mol. The van der Waals surface area contributed by atoms with E-state index in [1.165, 1.54) is 25.1 Å². The van der Waals surface area contributed by atoms with E-state index in [2.05, 4.69) is 0 Å². The minimum absolute atomic E-state index is 0.0119. The second-order valence-electron chi connectivity index (χ2n) is 4.22. The van der Waals surface area contributed by atoms with Crippen molar-refractivity contribution in [3.63, 3.8) is 0 Å². The number of hydrogen-bond donors (Lipinski definition) is 3. The Labute approximate surface area is 116 Å². The van der Waals surface area contributed by atoms with Crippen molar-refractivity contribution in [2.45, 2.75) is 24.3 Å². The summed E-state index contributed by atoms with van der Waals surface area (Å²) in [6.07, 6.45) is -0.403. The summed E-state index contributed by atoms with van der Waals surface area (Å²) in [5, 5.41) is 8.64. The average molecular weight is 300 g/mol. The van der Waals surface area contributed by atoms with Crippen LogP contribution >= 0.6 is 0 Å². The number of carbonyl (C=O) groups is 2. The van der Waals surface area contributed by atoms with Gasteiger partial charge in [-0.25, -0.2) is 8.42 Å². The van der Waals surface area contributed by atoms with Gasteiger partial charge in [0.25, 0.3) is 0 Å². The number of benzene rings is 1. The van der Waals surface area contributed by atoms with Gasteiger partial charge in [-0.2, -0.15) is 0 Å². The van der Waals surface area contributed by atoms with Crippen molar-refractivity contribution in [1.82, 2.24) is 0 Å². The fraction of sp³-hybridized carbons (Fsp3) is 0.333. The van der Waals surface area contributed by atoms with E-state index in [0.717, 1.165) is 0 Å². The maximum absolute atomic E-state index is 11.8. The number of carbonyl (C=O) groups excluding carboxylic acids is 1. The number of nitrogens with two attached hydrogens (primary N) is 2. The zero-order chi connectivity index (χ0) is 15.5. The van der Waals surface area contributed by atoms with Crippen LogP contribution in [0, 0.1) is 0 Å². The van der Waals surface area contributed by atoms with Crippen molar-refractivity contribution in [1.29, 1.82) is 0 Å². The van der Waals surface area contributed by atoms with Gasteiger partial charge < -0.3 is 16.6 Å². The van der Waals surface area contributed by atoms with Crippen LogP contribution in [0.1, 0.15) is 23.7 Å². The predicted octanol–water partition coefficient (Wildman–Crippen LogP) is 0.0471. The first-order valence-electron chi connectivity index (χ1n) is 5.83. The van der Waals surface area contributed by atoms with E-state index in [4.69, 9.17) is 16.6 Å². The molecule has 1 aromatic carbocycles. The van der Waals surface area contributed by atoms with E-state index < -0.39 is 34.1 Å². The summed E-state index contributed by atoms with van der Waals surface area (Å²) < 4.78 is 23.3. The number of sulfone groups is 1. The van der Waals surface area contributed by atoms with Crippen molar-refractivity contribution < 1.29 is 23.1 Å². The fourth-order valence-corrected chi connectivity index (χ4v) is 2.47. The number of Topliss-reactive ketones (excluding diaryl/α,β-unsaturated/α-hetero) is 1. The number of carboxylic acid groups (broad SMARTS) is 1. The lowest BCUT2D eigenvalue weighted by molar-refractivity contribution is -0.138. The molecule has 0 spiro atoms. The first-order valence-corrected chi connectivity index (χ1v) is 7.48. The third-order valence-corrected chi connectivity index (χ3v) is 4.52. The zero-order valence-corrected chi connectivity index (χ0v) is 11.7. The molecule has 0 aliphatic rings. The van der Waals surface area contributed by atoms with Crippen LogP contribution in [0.4, 0.5) is 5.69 Å². The number of carboxylic acids is 1. The number of aliphatic carboxylic acids is 1. The van der Waals surface area contributed by atoms with Crippen LogP contribution in [0.5, 0.6) is 0 Å². The molecule has 0 saturated carbocycles. The Bertz CT molecular complexity index is 639. The second kappa shape index (κ2) is 6.02. The molecule has 0 saturated heterocycles. The molecule has 7 nitrogen and oxygen atoms in total. The van der Waals surface area contributed by atoms with Gasteiger partial charge in [-0.05, 0) is 18.2 Å². The molecule has 8 heteroatoms. The summed E-state index contributed by atoms with van der Waals surface area (Å²) in [5.74, 6) is -1.91. The number of hydrogen-bond acceptors (Lipinski definition) is 6. The second-order valence-corrected chi connectivity index (χ2v) is 6.50. The molecule has 1 rings (SSSR count). The summed E-state index contributed by atoms with van der Waals surface area (Å²) in [7, 11) is -3.41. The average Bonchev–Trinajstić information content (AvgIpc) is 2.38. The first kappa shape index (κ1) is 16.1. The smallest absolute Gasteiger partial charge is 0.320 e. The van der Waals surface area contributed by atoms with Gasteiger partial charge in [0, 0.05) is 17.7 Å². The van der Waals surface area contributed by atoms with Crippen LogP contribution in [0.2, 0.25) is 0 Å². The molecule has 0 bridgehead atoms. The molecular formula is C12H16N2O5S. The molecular weight excluding hydrogens is 284 g/mol. The summed E-state index contributed by atoms with van der Waals surface area (Å²) in [6, 6.07) is 2.42. The van der Waals surface area contributed by atoms with Gasteiger partial charge in [0.05, 0.1) is 10.6 Å². The molecule has 0 radical (unpaired) electrons. The summed E-state index contributed by atoms with van der Waals surface area (Å²) in [6.45, 7) is 1.50. The number of ketones is 1. The van der Waals surface area contributed by atoms with Crippen LogP contribution in [0.15, 0.2) is 23.1 Å². The van der Waals surface area contributed by atoms with Crippen LogP contribution in [-0.2, 0) is 14.6 Å². The van der Waals surface area contributed by atoms with E-state index in [1.807, 2.05) is 0 Å². The van der Waals surface area contributed by atoms with E-state index in [9.17, 15) is 18.0 Å². The Kier molecular flexibility index (Phi) is 4.85. The zero-order valence-electron chi connectivity index (χ0n) is 10.9. The standard InChI is InChI=1S/C12H16N2O5S/c1-2-20(18,19)7-3-4-8(9(13)5-7)11(15)6-10(14)12(16)17/h3-5,10H,2,6,13-14H2,1H3,(H,16,17)/t10-/m0/s1. The van der Waals surface area contributed by atoms with Crippen molar-refractivity contribution in [2.24, 2.45) is 5.73 Å². The topological polar surface area (TPSA) is 141 Å². The quantitative estimate of drug-likeness (QED) is 0.497. The molecule has 0 heterocycles. The van der Waals surface area contributed by atoms with Gasteiger partial charge in [-0.1, -0.05) is 6.92 Å². The molecule has 110 valence electrons. The molecule has 0 aliphatic heterocycles. The highest BCUT2D eigenvalue weighted by Crippen LogP contribution is 2.20. The Morgan fingerprint density at radius 2 is 1.95 bits per heavy atom. The number of nitrogen functional groups attached to an aromatic ring is 1. The van der Waals surface area contributed by atoms with E-state index in [-0.39, 0.29) is 21.9 Å². The van der Waals surface area contributed by atoms with Gasteiger partial charge in [0.1, 0.15) is 6.04 Å². The third kappa shape index (κ3) is 3.55. The molecule has 0 aliphatic carbocycles. The Balaban J connectivity index is 3.05. The molecule has 5 N–H and O–H groups in total. The molecule has 0 fully saturated rings. The van der Waals surface area contributed by atoms with Crippen molar-refractivity contribution in [3.05, 3.63) is 23.8 Å². The lowest BCUT2D eigenvalue weighted by atomic mass is 10.0. The SMILES string of the molecule is CCS(=O)(=O)c1ccc(C(=O)C[C@H](N)C(=O)O)c(N)c1. The van der Waals surface area contributed by atoms with E-state index in [1.54, 1.807) is 0 Å². The summed E-state index contributed by atoms with van der Waals surface area (Å²) >= 11 is 0. The molecule has 20 heavy (non-hydrogen) atoms. The highest BCUT2D eigenvalue weighted by Gasteiger charge is 2.20. The molecule has 0 unspecified atom stereocenters. The minimum atomic E-state index is -3.41. The van der Waals surface area contributed by atoms with E-state index >= 15 is 0 Å². The first-order chi connectivity index (χ1) is 9.19. The van der Waals surface area contributed by atoms with Gasteiger partial charge in [-0.15, -0.1) is 0 Å². The largest absolute Gasteiger partial charge is 0.480 e. The lowest BCUT2D eigenvalue weighted by Gasteiger charge is -2.09. The Morgan fingerprint density at radius 3 is 2.40 bits per heavy atom. The highest BCUT2D eigenvalue weighted by atomic mass is 32.2. The molecule has 1 atom stereocenters. The lowest BCUT2D eigenvalue weighted by Crippen LogP contribution is -2.32. The maximum atomic E-state index is 11.8. The van der Waals surface area contributed by atoms with E-state index in [0.29, 0.717) is 0 Å². The maximum Gasteiger partial charge on any atom is 0.320 e. The third-order valence-electron chi connectivity index (χ3n) is 2.79. The van der Waals surface area contributed by atoms with Gasteiger partial charge in [0.2, 0.25) is 0 Å². The van der Waals surface area contributed by atoms with Gasteiger partial charge in [0.15, 0.2) is 15.6 Å². The fourth-order valence-electron chi connectivity index (χ4n) is 1.55. The van der Waals surface area contributed by atoms with Crippen molar-refractivity contribution in [3.8, 4) is 0 Å². The van der Waals surface area contributed by atoms with Gasteiger partial charge in [-0.3, -0.25) is 9.59 Å². The number of rotatable bonds is 6. The van der Waals surface area contributed by atoms with Crippen LogP contribution < -0.4 is 11.5 Å². The minimum Gasteiger partial charge on any atom is -0.480 e. The Hall–Kier alpha value is -1.93. The van der Waals surface area contributed by atoms with Gasteiger partial charge >= 0.3 is 5.97 Å². The molecule has 1 aromatic rings. The number of anilines is 1. The monoisotopic (exact) mass is 300 g/mol. The van der Waals surface area contributed by atoms with Crippen molar-refractivity contribution >= 4 is 27.3 Å². The Morgan fingerprint density at radius 1 is 1.35 bits per heavy atom. The van der Waals surface area contributed by atoms with Crippen LogP contribution in [-0.4, -0.2) is 37.1 Å². The molecule has 0 amide bonds. The van der Waals surface area contributed by atoms with Crippen LogP contribution in [0.3, 0.4) is 0 Å². The van der Waals surface area contributed by atoms with Crippen LogP contribution in [0.25, 0.3) is 0 Å². The normalized spacial score (nSPS) is 12.9. The molecule has 0 aromatic heterocycles.